The molecule has 3 aromatic rings. The molecule has 1 saturated heterocycles. The first-order valence-electron chi connectivity index (χ1n) is 9.15. The number of pyridine rings is 1. The van der Waals surface area contributed by atoms with Gasteiger partial charge < -0.3 is 19.5 Å². The molecule has 4 rings (SSSR count). The smallest absolute Gasteiger partial charge is 0.317 e. The van der Waals surface area contributed by atoms with E-state index in [-0.39, 0.29) is 6.03 Å². The van der Waals surface area contributed by atoms with Crippen molar-refractivity contribution in [2.24, 2.45) is 0 Å². The maximum Gasteiger partial charge on any atom is 0.317 e. The molecule has 0 spiro atoms. The van der Waals surface area contributed by atoms with Crippen LogP contribution in [0.2, 0.25) is 5.02 Å². The summed E-state index contributed by atoms with van der Waals surface area (Å²) >= 11 is 6.27. The fourth-order valence-electron chi connectivity index (χ4n) is 3.38. The molecule has 140 valence electrons. The molecule has 2 amide bonds. The first-order chi connectivity index (χ1) is 13.2. The molecule has 0 atom stereocenters. The summed E-state index contributed by atoms with van der Waals surface area (Å²) in [6.07, 6.45) is 4.69. The Morgan fingerprint density at radius 1 is 1.07 bits per heavy atom. The summed E-state index contributed by atoms with van der Waals surface area (Å²) in [6.45, 7) is 3.51. The van der Waals surface area contributed by atoms with Gasteiger partial charge in [0.1, 0.15) is 5.65 Å². The number of piperazine rings is 1. The van der Waals surface area contributed by atoms with E-state index in [9.17, 15) is 4.79 Å². The van der Waals surface area contributed by atoms with Gasteiger partial charge in [-0.15, -0.1) is 0 Å². The van der Waals surface area contributed by atoms with E-state index in [0.29, 0.717) is 26.1 Å². The molecule has 7 heteroatoms. The maximum absolute atomic E-state index is 12.4. The maximum atomic E-state index is 12.4. The molecule has 3 heterocycles. The lowest BCUT2D eigenvalue weighted by molar-refractivity contribution is 0.194. The number of amides is 2. The van der Waals surface area contributed by atoms with Crippen LogP contribution in [0.15, 0.2) is 54.9 Å². The number of imidazole rings is 1. The molecule has 27 heavy (non-hydrogen) atoms. The van der Waals surface area contributed by atoms with Gasteiger partial charge in [-0.1, -0.05) is 29.8 Å². The largest absolute Gasteiger partial charge is 0.367 e. The number of nitrogens with zero attached hydrogens (tertiary/aromatic N) is 4. The van der Waals surface area contributed by atoms with Gasteiger partial charge in [0.2, 0.25) is 0 Å². The highest BCUT2D eigenvalue weighted by atomic mass is 35.5. The molecule has 1 aliphatic rings. The zero-order valence-corrected chi connectivity index (χ0v) is 15.8. The average Bonchev–Trinajstić information content (AvgIpc) is 3.11. The van der Waals surface area contributed by atoms with Gasteiger partial charge in [0.05, 0.1) is 16.4 Å². The quantitative estimate of drug-likeness (QED) is 0.753. The van der Waals surface area contributed by atoms with Gasteiger partial charge in [-0.3, -0.25) is 0 Å². The van der Waals surface area contributed by atoms with Crippen LogP contribution in [0.5, 0.6) is 0 Å². The number of rotatable bonds is 4. The molecule has 0 bridgehead atoms. The van der Waals surface area contributed by atoms with E-state index in [4.69, 9.17) is 11.6 Å². The lowest BCUT2D eigenvalue weighted by atomic mass is 10.2. The van der Waals surface area contributed by atoms with Crippen LogP contribution in [0, 0.1) is 0 Å². The predicted molar refractivity (Wildman–Crippen MR) is 108 cm³/mol. The Morgan fingerprint density at radius 2 is 1.85 bits per heavy atom. The van der Waals surface area contributed by atoms with E-state index >= 15 is 0 Å². The van der Waals surface area contributed by atoms with Gasteiger partial charge in [0.15, 0.2) is 0 Å². The number of anilines is 1. The topological polar surface area (TPSA) is 52.9 Å². The van der Waals surface area contributed by atoms with Gasteiger partial charge in [-0.25, -0.2) is 9.78 Å². The molecule has 1 aromatic carbocycles. The fourth-order valence-corrected chi connectivity index (χ4v) is 3.63. The van der Waals surface area contributed by atoms with E-state index in [2.05, 4.69) is 15.2 Å². The Kier molecular flexibility index (Phi) is 5.16. The Morgan fingerprint density at radius 3 is 2.63 bits per heavy atom. The Hall–Kier alpha value is -2.73. The molecule has 1 aliphatic heterocycles. The molecule has 6 nitrogen and oxygen atoms in total. The van der Waals surface area contributed by atoms with E-state index in [1.807, 2.05) is 64.2 Å². The summed E-state index contributed by atoms with van der Waals surface area (Å²) in [4.78, 5) is 21.1. The highest BCUT2D eigenvalue weighted by Gasteiger charge is 2.22. The van der Waals surface area contributed by atoms with Crippen molar-refractivity contribution in [1.82, 2.24) is 19.6 Å². The lowest BCUT2D eigenvalue weighted by Gasteiger charge is -2.36. The van der Waals surface area contributed by atoms with Crippen molar-refractivity contribution in [2.45, 2.75) is 6.42 Å². The van der Waals surface area contributed by atoms with Crippen LogP contribution < -0.4 is 10.2 Å². The van der Waals surface area contributed by atoms with Crippen LogP contribution in [-0.4, -0.2) is 53.0 Å². The van der Waals surface area contributed by atoms with Gasteiger partial charge in [0.25, 0.3) is 0 Å². The number of benzene rings is 1. The van der Waals surface area contributed by atoms with Crippen molar-refractivity contribution in [1.29, 1.82) is 0 Å². The first kappa shape index (κ1) is 17.7. The van der Waals surface area contributed by atoms with Gasteiger partial charge in [-0.2, -0.15) is 0 Å². The number of carbonyl (C=O) groups excluding carboxylic acids is 1. The molecule has 2 aromatic heterocycles. The summed E-state index contributed by atoms with van der Waals surface area (Å²) in [6, 6.07) is 13.7. The highest BCUT2D eigenvalue weighted by molar-refractivity contribution is 6.33. The third-order valence-electron chi connectivity index (χ3n) is 4.83. The summed E-state index contributed by atoms with van der Waals surface area (Å²) in [5.74, 6) is 0. The van der Waals surface area contributed by atoms with E-state index in [1.165, 1.54) is 0 Å². The van der Waals surface area contributed by atoms with Crippen LogP contribution in [-0.2, 0) is 6.42 Å². The lowest BCUT2D eigenvalue weighted by Crippen LogP contribution is -2.52. The van der Waals surface area contributed by atoms with Gasteiger partial charge >= 0.3 is 6.03 Å². The number of urea groups is 1. The van der Waals surface area contributed by atoms with Crippen molar-refractivity contribution in [3.05, 3.63) is 65.6 Å². The molecule has 0 aliphatic carbocycles. The Bertz CT molecular complexity index is 900. The number of halogens is 1. The fraction of sp³-hybridized carbons (Fsp3) is 0.300. The second kappa shape index (κ2) is 7.88. The number of carbonyl (C=O) groups is 1. The molecule has 0 radical (unpaired) electrons. The molecular formula is C20H22ClN5O. The van der Waals surface area contributed by atoms with E-state index in [1.54, 1.807) is 0 Å². The minimum atomic E-state index is -0.0161. The normalized spacial score (nSPS) is 14.6. The standard InChI is InChI=1S/C20H22ClN5O/c21-17-5-1-2-6-18(17)24-11-13-25(14-12-24)20(27)22-9-8-16-15-26-10-4-3-7-19(26)23-16/h1-7,10,15H,8-9,11-14H2,(H,22,27). The Labute approximate surface area is 163 Å². The van der Waals surface area contributed by atoms with Gasteiger partial charge in [0, 0.05) is 51.5 Å². The number of nitrogens with one attached hydrogen (secondary N) is 1. The second-order valence-electron chi connectivity index (χ2n) is 6.61. The van der Waals surface area contributed by atoms with Crippen molar-refractivity contribution < 1.29 is 4.79 Å². The van der Waals surface area contributed by atoms with Crippen molar-refractivity contribution in [3.8, 4) is 0 Å². The number of fused-ring (bicyclic) bond motifs is 1. The van der Waals surface area contributed by atoms with Crippen LogP contribution in [0.3, 0.4) is 0 Å². The van der Waals surface area contributed by atoms with Crippen LogP contribution in [0.4, 0.5) is 10.5 Å². The first-order valence-corrected chi connectivity index (χ1v) is 9.53. The molecule has 1 fully saturated rings. The average molecular weight is 384 g/mol. The second-order valence-corrected chi connectivity index (χ2v) is 7.01. The van der Waals surface area contributed by atoms with E-state index < -0.39 is 0 Å². The zero-order valence-electron chi connectivity index (χ0n) is 15.0. The molecular weight excluding hydrogens is 362 g/mol. The summed E-state index contributed by atoms with van der Waals surface area (Å²) < 4.78 is 1.99. The van der Waals surface area contributed by atoms with Crippen LogP contribution >= 0.6 is 11.6 Å². The summed E-state index contributed by atoms with van der Waals surface area (Å²) in [7, 11) is 0. The number of hydrogen-bond donors (Lipinski definition) is 1. The minimum absolute atomic E-state index is 0.0161. The SMILES string of the molecule is O=C(NCCc1cn2ccccc2n1)N1CCN(c2ccccc2Cl)CC1. The molecule has 1 N–H and O–H groups in total. The minimum Gasteiger partial charge on any atom is -0.367 e. The summed E-state index contributed by atoms with van der Waals surface area (Å²) in [5.41, 5.74) is 2.94. The van der Waals surface area contributed by atoms with Crippen LogP contribution in [0.25, 0.3) is 5.65 Å². The Balaban J connectivity index is 1.25. The van der Waals surface area contributed by atoms with Crippen molar-refractivity contribution >= 4 is 29.0 Å². The number of hydrogen-bond acceptors (Lipinski definition) is 3. The van der Waals surface area contributed by atoms with E-state index in [0.717, 1.165) is 35.1 Å². The van der Waals surface area contributed by atoms with Crippen molar-refractivity contribution in [3.63, 3.8) is 0 Å². The highest BCUT2D eigenvalue weighted by Crippen LogP contribution is 2.25. The zero-order chi connectivity index (χ0) is 18.6. The monoisotopic (exact) mass is 383 g/mol. The van der Waals surface area contributed by atoms with Crippen LogP contribution in [0.1, 0.15) is 5.69 Å². The summed E-state index contributed by atoms with van der Waals surface area (Å²) in [5, 5.41) is 3.76. The third-order valence-corrected chi connectivity index (χ3v) is 5.15. The van der Waals surface area contributed by atoms with Crippen molar-refractivity contribution in [2.75, 3.05) is 37.6 Å². The third kappa shape index (κ3) is 4.01. The molecule has 0 saturated carbocycles. The molecule has 0 unspecified atom stereocenters. The van der Waals surface area contributed by atoms with Gasteiger partial charge in [-0.05, 0) is 24.3 Å². The number of para-hydroxylation sites is 1. The number of aromatic nitrogens is 2. The predicted octanol–water partition coefficient (Wildman–Crippen LogP) is 3.06.